The molecule has 0 aliphatic carbocycles. The Balaban J connectivity index is 0. The van der Waals surface area contributed by atoms with Gasteiger partial charge in [0.15, 0.2) is 0 Å². The first-order valence-corrected chi connectivity index (χ1v) is 2.15. The van der Waals surface area contributed by atoms with Crippen molar-refractivity contribution >= 4 is 35.6 Å². The maximum Gasteiger partial charge on any atom is 0.141 e. The number of allylic oxidation sites excluding steroid dienone is 1. The van der Waals surface area contributed by atoms with Gasteiger partial charge in [-0.2, -0.15) is 5.26 Å². The van der Waals surface area contributed by atoms with Gasteiger partial charge in [0.2, 0.25) is 0 Å². The van der Waals surface area contributed by atoms with Gasteiger partial charge in [-0.25, -0.2) is 0 Å². The first-order valence-electron chi connectivity index (χ1n) is 1.39. The molecule has 0 saturated heterocycles. The Morgan fingerprint density at radius 3 is 1.88 bits per heavy atom. The fourth-order valence-corrected chi connectivity index (χ4v) is 0.127. The van der Waals surface area contributed by atoms with Crippen LogP contribution in [0.1, 0.15) is 0 Å². The molecule has 2 N–H and O–H groups in total. The van der Waals surface area contributed by atoms with Gasteiger partial charge in [0.25, 0.3) is 0 Å². The molecule has 5 heteroatoms. The molecule has 0 atom stereocenters. The lowest BCUT2D eigenvalue weighted by Gasteiger charge is -1.80. The monoisotopic (exact) mass is 172 g/mol. The highest BCUT2D eigenvalue weighted by Crippen LogP contribution is 2.07. The number of nitriles is 1. The lowest BCUT2D eigenvalue weighted by Crippen LogP contribution is -1.92. The number of nitrogens with zero attached hydrogens (tertiary/aromatic N) is 1. The largest absolute Gasteiger partial charge is 0.388 e. The molecule has 0 aromatic heterocycles. The second-order valence-corrected chi connectivity index (χ2v) is 1.74. The molecule has 46 valence electrons. The predicted molar refractivity (Wildman–Crippen MR) is 35.8 cm³/mol. The Bertz CT molecular complexity index is 130. The number of rotatable bonds is 0. The second-order valence-electron chi connectivity index (χ2n) is 0.786. The van der Waals surface area contributed by atoms with Crippen LogP contribution in [0.4, 0.5) is 0 Å². The fraction of sp³-hybridized carbons (Fsp3) is 0. The fourth-order valence-electron chi connectivity index (χ4n) is 0.0423. The molecule has 0 aromatic rings. The highest BCUT2D eigenvalue weighted by Gasteiger charge is 1.89. The summed E-state index contributed by atoms with van der Waals surface area (Å²) in [5.74, 6) is 0. The van der Waals surface area contributed by atoms with Crippen LogP contribution in [0, 0.1) is 11.3 Å². The summed E-state index contributed by atoms with van der Waals surface area (Å²) in [5.41, 5.74) is 4.72. The van der Waals surface area contributed by atoms with Crippen molar-refractivity contribution in [1.82, 2.24) is 0 Å². The number of hydrogen-bond acceptors (Lipinski definition) is 2. The minimum absolute atomic E-state index is 0. The average molecular weight is 173 g/mol. The first-order chi connectivity index (χ1) is 3.18. The Hall–Kier alpha value is -0.100. The molecule has 0 spiro atoms. The van der Waals surface area contributed by atoms with Gasteiger partial charge >= 0.3 is 0 Å². The van der Waals surface area contributed by atoms with E-state index in [1.54, 1.807) is 6.07 Å². The van der Waals surface area contributed by atoms with Crippen LogP contribution in [-0.2, 0) is 0 Å². The molecule has 0 heterocycles. The normalized spacial score (nSPS) is 6.12. The van der Waals surface area contributed by atoms with Gasteiger partial charge in [0.05, 0.1) is 0 Å². The third kappa shape index (κ3) is 4.07. The van der Waals surface area contributed by atoms with Gasteiger partial charge in [-0.1, -0.05) is 23.2 Å². The van der Waals surface area contributed by atoms with Gasteiger partial charge in [-0.3, -0.25) is 0 Å². The molecule has 8 heavy (non-hydrogen) atoms. The van der Waals surface area contributed by atoms with E-state index >= 15 is 0 Å². The van der Waals surface area contributed by atoms with Gasteiger partial charge < -0.3 is 5.73 Å². The van der Waals surface area contributed by atoms with E-state index in [-0.39, 0.29) is 22.6 Å². The molecule has 0 amide bonds. The Morgan fingerprint density at radius 1 is 1.50 bits per heavy atom. The summed E-state index contributed by atoms with van der Waals surface area (Å²) in [6.07, 6.45) is 0. The van der Waals surface area contributed by atoms with E-state index in [2.05, 4.69) is 0 Å². The van der Waals surface area contributed by atoms with E-state index in [1.807, 2.05) is 0 Å². The van der Waals surface area contributed by atoms with Crippen molar-refractivity contribution in [3.8, 4) is 6.07 Å². The molecule has 0 bridgehead atoms. The average Bonchev–Trinajstić information content (AvgIpc) is 1.65. The zero-order chi connectivity index (χ0) is 5.86. The van der Waals surface area contributed by atoms with E-state index in [0.717, 1.165) is 0 Å². The lowest BCUT2D eigenvalue weighted by molar-refractivity contribution is 1.39. The SMILES string of the molecule is Cl.N#CC(N)=C(Cl)Cl. The summed E-state index contributed by atoms with van der Waals surface area (Å²) >= 11 is 10.1. The van der Waals surface area contributed by atoms with Crippen molar-refractivity contribution in [3.05, 3.63) is 10.2 Å². The number of nitrogens with two attached hydrogens (primary N) is 1. The molecular formula is C3H3Cl3N2. The molecule has 0 saturated carbocycles. The summed E-state index contributed by atoms with van der Waals surface area (Å²) in [4.78, 5) is 0. The number of halogens is 3. The molecular weight excluding hydrogens is 170 g/mol. The minimum Gasteiger partial charge on any atom is -0.388 e. The molecule has 2 nitrogen and oxygen atoms in total. The van der Waals surface area contributed by atoms with E-state index in [9.17, 15) is 0 Å². The summed E-state index contributed by atoms with van der Waals surface area (Å²) in [6, 6.07) is 1.56. The first kappa shape index (κ1) is 10.8. The highest BCUT2D eigenvalue weighted by molar-refractivity contribution is 6.56. The maximum atomic E-state index is 7.90. The molecule has 0 fully saturated rings. The maximum absolute atomic E-state index is 7.90. The van der Waals surface area contributed by atoms with E-state index in [4.69, 9.17) is 34.2 Å². The Labute approximate surface area is 63.3 Å². The van der Waals surface area contributed by atoms with Gasteiger partial charge in [-0.15, -0.1) is 12.4 Å². The van der Waals surface area contributed by atoms with Crippen molar-refractivity contribution in [2.75, 3.05) is 0 Å². The van der Waals surface area contributed by atoms with Crippen LogP contribution >= 0.6 is 35.6 Å². The smallest absolute Gasteiger partial charge is 0.141 e. The van der Waals surface area contributed by atoms with E-state index in [1.165, 1.54) is 0 Å². The zero-order valence-electron chi connectivity index (χ0n) is 3.69. The van der Waals surface area contributed by atoms with E-state index < -0.39 is 0 Å². The molecule has 0 radical (unpaired) electrons. The van der Waals surface area contributed by atoms with Crippen LogP contribution in [-0.4, -0.2) is 0 Å². The molecule has 0 aliphatic rings. The van der Waals surface area contributed by atoms with Crippen molar-refractivity contribution < 1.29 is 0 Å². The number of hydrogen-bond donors (Lipinski definition) is 1. The molecule has 0 rings (SSSR count). The van der Waals surface area contributed by atoms with Crippen molar-refractivity contribution in [2.24, 2.45) is 5.73 Å². The van der Waals surface area contributed by atoms with E-state index in [0.29, 0.717) is 0 Å². The predicted octanol–water partition coefficient (Wildman–Crippen LogP) is 1.54. The van der Waals surface area contributed by atoms with Gasteiger partial charge in [-0.05, 0) is 0 Å². The second kappa shape index (κ2) is 5.04. The quantitative estimate of drug-likeness (QED) is 0.565. The van der Waals surface area contributed by atoms with Gasteiger partial charge in [0, 0.05) is 0 Å². The topological polar surface area (TPSA) is 49.8 Å². The minimum atomic E-state index is -0.178. The standard InChI is InChI=1S/C3H2Cl2N2.ClH/c4-3(5)2(7)1-6;/h7H2;1H. The van der Waals surface area contributed by atoms with Crippen LogP contribution in [0.25, 0.3) is 0 Å². The van der Waals surface area contributed by atoms with Crippen LogP contribution in [0.5, 0.6) is 0 Å². The summed E-state index contributed by atoms with van der Waals surface area (Å²) < 4.78 is -0.178. The molecule has 0 aromatic carbocycles. The summed E-state index contributed by atoms with van der Waals surface area (Å²) in [7, 11) is 0. The highest BCUT2D eigenvalue weighted by atomic mass is 35.5. The molecule has 0 unspecified atom stereocenters. The van der Waals surface area contributed by atoms with Crippen LogP contribution in [0.2, 0.25) is 0 Å². The van der Waals surface area contributed by atoms with Crippen LogP contribution in [0.15, 0.2) is 10.2 Å². The van der Waals surface area contributed by atoms with Crippen LogP contribution in [0.3, 0.4) is 0 Å². The van der Waals surface area contributed by atoms with Gasteiger partial charge in [0.1, 0.15) is 16.3 Å². The Morgan fingerprint density at radius 2 is 1.88 bits per heavy atom. The Kier molecular flexibility index (Phi) is 6.81. The molecule has 0 aliphatic heterocycles. The lowest BCUT2D eigenvalue weighted by atomic mass is 10.6. The van der Waals surface area contributed by atoms with Crippen LogP contribution < -0.4 is 5.73 Å². The zero-order valence-corrected chi connectivity index (χ0v) is 6.02. The van der Waals surface area contributed by atoms with Crippen molar-refractivity contribution in [2.45, 2.75) is 0 Å². The third-order valence-electron chi connectivity index (χ3n) is 0.324. The summed E-state index contributed by atoms with van der Waals surface area (Å²) in [5, 5.41) is 7.90. The van der Waals surface area contributed by atoms with Crippen molar-refractivity contribution in [3.63, 3.8) is 0 Å². The van der Waals surface area contributed by atoms with Crippen molar-refractivity contribution in [1.29, 1.82) is 5.26 Å². The summed E-state index contributed by atoms with van der Waals surface area (Å²) in [6.45, 7) is 0. The third-order valence-corrected chi connectivity index (χ3v) is 0.731.